The van der Waals surface area contributed by atoms with Gasteiger partial charge in [-0.3, -0.25) is 0 Å². The Bertz CT molecular complexity index is 447. The van der Waals surface area contributed by atoms with Crippen LogP contribution in [0, 0.1) is 0 Å². The molecule has 1 aromatic heterocycles. The van der Waals surface area contributed by atoms with Gasteiger partial charge < -0.3 is 5.73 Å². The third kappa shape index (κ3) is 3.04. The van der Waals surface area contributed by atoms with Crippen molar-refractivity contribution in [2.45, 2.75) is 9.59 Å². The molecule has 84 valence electrons. The Morgan fingerprint density at radius 1 is 1.50 bits per heavy atom. The van der Waals surface area contributed by atoms with Gasteiger partial charge in [0.15, 0.2) is 4.34 Å². The van der Waals surface area contributed by atoms with E-state index < -0.39 is 0 Å². The largest absolute Gasteiger partial charge is 0.329 e. The van der Waals surface area contributed by atoms with Crippen molar-refractivity contribution in [1.82, 2.24) is 9.36 Å². The number of nitrogens with zero attached hydrogens (tertiary/aromatic N) is 2. The molecule has 2 rings (SSSR count). The van der Waals surface area contributed by atoms with Gasteiger partial charge in [-0.25, -0.2) is 4.98 Å². The van der Waals surface area contributed by atoms with E-state index in [0.717, 1.165) is 8.81 Å². The van der Waals surface area contributed by atoms with Gasteiger partial charge in [0.05, 0.1) is 0 Å². The van der Waals surface area contributed by atoms with Crippen molar-refractivity contribution in [1.29, 1.82) is 0 Å². The molecule has 3 nitrogen and oxygen atoms in total. The number of rotatable bonds is 4. The van der Waals surface area contributed by atoms with Crippen LogP contribution in [0.15, 0.2) is 39.4 Å². The predicted octanol–water partition coefficient (Wildman–Crippen LogP) is 3.09. The average Bonchev–Trinajstić information content (AvgIpc) is 2.78. The minimum Gasteiger partial charge on any atom is -0.329 e. The number of benzene rings is 1. The average molecular weight is 316 g/mol. The second-order valence-corrected chi connectivity index (χ2v) is 6.25. The van der Waals surface area contributed by atoms with E-state index >= 15 is 0 Å². The summed E-state index contributed by atoms with van der Waals surface area (Å²) in [4.78, 5) is 4.16. The Labute approximate surface area is 111 Å². The molecule has 0 fully saturated rings. The number of hydrogen-bond donors (Lipinski definition) is 1. The van der Waals surface area contributed by atoms with E-state index in [1.54, 1.807) is 18.1 Å². The van der Waals surface area contributed by atoms with E-state index in [0.29, 0.717) is 6.54 Å². The number of aromatic nitrogens is 2. The van der Waals surface area contributed by atoms with Crippen molar-refractivity contribution in [3.63, 3.8) is 0 Å². The van der Waals surface area contributed by atoms with Gasteiger partial charge in [0, 0.05) is 16.3 Å². The van der Waals surface area contributed by atoms with Gasteiger partial charge in [-0.15, -0.1) is 0 Å². The fourth-order valence-electron chi connectivity index (χ4n) is 1.30. The molecule has 0 aliphatic heterocycles. The summed E-state index contributed by atoms with van der Waals surface area (Å²) in [5.41, 5.74) is 7.00. The first-order valence-electron chi connectivity index (χ1n) is 4.68. The van der Waals surface area contributed by atoms with Crippen molar-refractivity contribution in [3.05, 3.63) is 40.6 Å². The van der Waals surface area contributed by atoms with E-state index in [4.69, 9.17) is 5.73 Å². The smallest absolute Gasteiger partial charge is 0.170 e. The summed E-state index contributed by atoms with van der Waals surface area (Å²) >= 11 is 6.52. The summed E-state index contributed by atoms with van der Waals surface area (Å²) in [6.45, 7) is 0.584. The lowest BCUT2D eigenvalue weighted by atomic mass is 10.1. The Balaban J connectivity index is 2.16. The predicted molar refractivity (Wildman–Crippen MR) is 71.7 cm³/mol. The number of thioether (sulfide) groups is 1. The highest BCUT2D eigenvalue weighted by Crippen LogP contribution is 2.35. The van der Waals surface area contributed by atoms with Gasteiger partial charge >= 0.3 is 0 Å². The Morgan fingerprint density at radius 3 is 3.00 bits per heavy atom. The molecule has 0 bridgehead atoms. The molecule has 0 saturated carbocycles. The lowest BCUT2D eigenvalue weighted by Gasteiger charge is -2.12. The molecule has 1 atom stereocenters. The van der Waals surface area contributed by atoms with E-state index in [9.17, 15) is 0 Å². The minimum absolute atomic E-state index is 0.227. The molecule has 16 heavy (non-hydrogen) atoms. The SMILES string of the molecule is NCC(Sc1ncns1)c1cccc(Br)c1. The molecule has 0 spiro atoms. The third-order valence-corrected chi connectivity index (χ3v) is 4.54. The molecular weight excluding hydrogens is 306 g/mol. The summed E-state index contributed by atoms with van der Waals surface area (Å²) in [5, 5.41) is 0.227. The van der Waals surface area contributed by atoms with Crippen LogP contribution in [0.3, 0.4) is 0 Å². The molecule has 0 radical (unpaired) electrons. The zero-order chi connectivity index (χ0) is 11.4. The topological polar surface area (TPSA) is 51.8 Å². The molecule has 2 N–H and O–H groups in total. The molecule has 0 saturated heterocycles. The summed E-state index contributed by atoms with van der Waals surface area (Å²) in [6, 6.07) is 8.19. The fraction of sp³-hybridized carbons (Fsp3) is 0.200. The van der Waals surface area contributed by atoms with Crippen LogP contribution in [0.25, 0.3) is 0 Å². The van der Waals surface area contributed by atoms with Crippen LogP contribution >= 0.6 is 39.2 Å². The number of hydrogen-bond acceptors (Lipinski definition) is 5. The molecule has 1 unspecified atom stereocenters. The van der Waals surface area contributed by atoms with E-state index in [1.807, 2.05) is 12.1 Å². The van der Waals surface area contributed by atoms with Gasteiger partial charge in [0.1, 0.15) is 6.33 Å². The number of halogens is 1. The molecule has 0 aliphatic rings. The zero-order valence-corrected chi connectivity index (χ0v) is 11.6. The summed E-state index contributed by atoms with van der Waals surface area (Å²) in [6.07, 6.45) is 1.57. The summed E-state index contributed by atoms with van der Waals surface area (Å²) in [7, 11) is 0. The molecule has 2 aromatic rings. The lowest BCUT2D eigenvalue weighted by Crippen LogP contribution is -2.09. The Hall–Kier alpha value is -0.430. The van der Waals surface area contributed by atoms with Crippen LogP contribution in [0.2, 0.25) is 0 Å². The van der Waals surface area contributed by atoms with Crippen molar-refractivity contribution in [3.8, 4) is 0 Å². The van der Waals surface area contributed by atoms with Gasteiger partial charge in [-0.1, -0.05) is 39.8 Å². The quantitative estimate of drug-likeness (QED) is 0.881. The van der Waals surface area contributed by atoms with Crippen molar-refractivity contribution in [2.24, 2.45) is 5.73 Å². The zero-order valence-electron chi connectivity index (χ0n) is 8.34. The minimum atomic E-state index is 0.227. The molecule has 6 heteroatoms. The second kappa shape index (κ2) is 5.77. The van der Waals surface area contributed by atoms with Crippen molar-refractivity contribution < 1.29 is 0 Å². The highest BCUT2D eigenvalue weighted by Gasteiger charge is 2.13. The van der Waals surface area contributed by atoms with Gasteiger partial charge in [0.2, 0.25) is 0 Å². The van der Waals surface area contributed by atoms with Crippen LogP contribution in [0.1, 0.15) is 10.8 Å². The molecule has 1 heterocycles. The first-order valence-corrected chi connectivity index (χ1v) is 7.13. The Kier molecular flexibility index (Phi) is 4.34. The normalized spacial score (nSPS) is 12.6. The standard InChI is InChI=1S/C10H10BrN3S2/c11-8-3-1-2-7(4-8)9(5-12)15-10-13-6-14-16-10/h1-4,6,9H,5,12H2. The third-order valence-electron chi connectivity index (χ3n) is 2.02. The van der Waals surface area contributed by atoms with Crippen LogP contribution in [-0.2, 0) is 0 Å². The monoisotopic (exact) mass is 315 g/mol. The molecule has 1 aromatic carbocycles. The van der Waals surface area contributed by atoms with Crippen molar-refractivity contribution >= 4 is 39.2 Å². The van der Waals surface area contributed by atoms with Gasteiger partial charge in [0.25, 0.3) is 0 Å². The maximum Gasteiger partial charge on any atom is 0.170 e. The van der Waals surface area contributed by atoms with Crippen molar-refractivity contribution in [2.75, 3.05) is 6.54 Å². The van der Waals surface area contributed by atoms with E-state index in [1.165, 1.54) is 17.1 Å². The van der Waals surface area contributed by atoms with Crippen LogP contribution in [0.5, 0.6) is 0 Å². The molecule has 0 aliphatic carbocycles. The summed E-state index contributed by atoms with van der Waals surface area (Å²) < 4.78 is 6.01. The van der Waals surface area contributed by atoms with Gasteiger partial charge in [-0.2, -0.15) is 4.37 Å². The van der Waals surface area contributed by atoms with E-state index in [-0.39, 0.29) is 5.25 Å². The molecule has 0 amide bonds. The maximum atomic E-state index is 5.79. The van der Waals surface area contributed by atoms with Gasteiger partial charge in [-0.05, 0) is 29.2 Å². The maximum absolute atomic E-state index is 5.79. The second-order valence-electron chi connectivity index (χ2n) is 3.10. The van der Waals surface area contributed by atoms with E-state index in [2.05, 4.69) is 37.4 Å². The first kappa shape index (κ1) is 12.0. The first-order chi connectivity index (χ1) is 7.79. The summed E-state index contributed by atoms with van der Waals surface area (Å²) in [5.74, 6) is 0. The van der Waals surface area contributed by atoms with Crippen LogP contribution in [0.4, 0.5) is 0 Å². The molecular formula is C10H10BrN3S2. The Morgan fingerprint density at radius 2 is 2.38 bits per heavy atom. The van der Waals surface area contributed by atoms with Crippen LogP contribution in [-0.4, -0.2) is 15.9 Å². The number of nitrogens with two attached hydrogens (primary N) is 1. The lowest BCUT2D eigenvalue weighted by molar-refractivity contribution is 0.938. The highest BCUT2D eigenvalue weighted by molar-refractivity contribution is 9.10. The van der Waals surface area contributed by atoms with Crippen LogP contribution < -0.4 is 5.73 Å². The fourth-order valence-corrected chi connectivity index (χ4v) is 3.37. The highest BCUT2D eigenvalue weighted by atomic mass is 79.9.